The molecule has 1 N–H and O–H groups in total. The summed E-state index contributed by atoms with van der Waals surface area (Å²) in [5.74, 6) is 0.0818. The van der Waals surface area contributed by atoms with Gasteiger partial charge in [0.2, 0.25) is 15.9 Å². The van der Waals surface area contributed by atoms with Gasteiger partial charge in [0, 0.05) is 19.6 Å². The molecule has 3 atom stereocenters. The highest BCUT2D eigenvalue weighted by atomic mass is 32.2. The summed E-state index contributed by atoms with van der Waals surface area (Å²) in [6, 6.07) is 11.6. The Kier molecular flexibility index (Phi) is 7.00. The van der Waals surface area contributed by atoms with Crippen molar-refractivity contribution in [3.63, 3.8) is 0 Å². The van der Waals surface area contributed by atoms with Crippen molar-refractivity contribution in [2.24, 2.45) is 0 Å². The zero-order valence-electron chi connectivity index (χ0n) is 17.9. The molecule has 0 radical (unpaired) electrons. The van der Waals surface area contributed by atoms with E-state index in [2.05, 4.69) is 5.32 Å². The first-order valence-corrected chi connectivity index (χ1v) is 11.8. The Balaban J connectivity index is 1.58. The van der Waals surface area contributed by atoms with Crippen molar-refractivity contribution < 1.29 is 22.7 Å². The highest BCUT2D eigenvalue weighted by molar-refractivity contribution is 7.89. The van der Waals surface area contributed by atoms with Gasteiger partial charge in [-0.05, 0) is 49.2 Å². The van der Waals surface area contributed by atoms with E-state index in [1.165, 1.54) is 4.31 Å². The minimum atomic E-state index is -3.44. The minimum absolute atomic E-state index is 0.0798. The second-order valence-electron chi connectivity index (χ2n) is 7.88. The van der Waals surface area contributed by atoms with Gasteiger partial charge in [-0.1, -0.05) is 24.3 Å². The third-order valence-corrected chi connectivity index (χ3v) is 7.21. The second-order valence-corrected chi connectivity index (χ2v) is 9.96. The molecule has 0 aliphatic carbocycles. The van der Waals surface area contributed by atoms with Crippen LogP contribution in [0.2, 0.25) is 0 Å². The maximum absolute atomic E-state index is 12.6. The molecule has 0 bridgehead atoms. The maximum Gasteiger partial charge on any atom is 0.227 e. The van der Waals surface area contributed by atoms with Crippen LogP contribution in [0.25, 0.3) is 10.8 Å². The van der Waals surface area contributed by atoms with Crippen molar-refractivity contribution in [1.82, 2.24) is 9.62 Å². The number of carbonyl (C=O) groups is 1. The van der Waals surface area contributed by atoms with Crippen molar-refractivity contribution in [3.8, 4) is 5.75 Å². The van der Waals surface area contributed by atoms with Crippen LogP contribution in [0.5, 0.6) is 5.75 Å². The molecule has 0 saturated carbocycles. The van der Waals surface area contributed by atoms with E-state index >= 15 is 0 Å². The van der Waals surface area contributed by atoms with E-state index in [-0.39, 0.29) is 36.3 Å². The molecule has 1 saturated heterocycles. The molecule has 30 heavy (non-hydrogen) atoms. The van der Waals surface area contributed by atoms with Gasteiger partial charge in [0.25, 0.3) is 0 Å². The van der Waals surface area contributed by atoms with Gasteiger partial charge in [-0.25, -0.2) is 8.42 Å². The number of methoxy groups -OCH3 is 1. The highest BCUT2D eigenvalue weighted by Gasteiger charge is 2.30. The number of ether oxygens (including phenoxy) is 2. The lowest BCUT2D eigenvalue weighted by molar-refractivity contribution is -0.122. The third kappa shape index (κ3) is 5.30. The zero-order chi connectivity index (χ0) is 21.9. The lowest BCUT2D eigenvalue weighted by Gasteiger charge is -2.34. The number of amides is 1. The number of sulfonamides is 1. The molecule has 164 valence electrons. The Hall–Kier alpha value is -2.16. The molecule has 1 amide bonds. The van der Waals surface area contributed by atoms with Gasteiger partial charge in [-0.15, -0.1) is 0 Å². The summed E-state index contributed by atoms with van der Waals surface area (Å²) in [6.45, 7) is 6.32. The summed E-state index contributed by atoms with van der Waals surface area (Å²) >= 11 is 0. The molecule has 1 heterocycles. The number of nitrogens with zero attached hydrogens (tertiary/aromatic N) is 1. The van der Waals surface area contributed by atoms with Crippen LogP contribution < -0.4 is 10.1 Å². The van der Waals surface area contributed by atoms with E-state index in [4.69, 9.17) is 9.47 Å². The smallest absolute Gasteiger partial charge is 0.227 e. The van der Waals surface area contributed by atoms with Crippen LogP contribution in [0.1, 0.15) is 32.3 Å². The molecule has 1 aliphatic rings. The monoisotopic (exact) mass is 434 g/mol. The van der Waals surface area contributed by atoms with Gasteiger partial charge in [-0.2, -0.15) is 4.31 Å². The Labute approximate surface area is 178 Å². The van der Waals surface area contributed by atoms with E-state index in [1.807, 2.05) is 57.2 Å². The van der Waals surface area contributed by atoms with E-state index in [1.54, 1.807) is 7.11 Å². The highest BCUT2D eigenvalue weighted by Crippen LogP contribution is 2.25. The Morgan fingerprint density at radius 2 is 1.80 bits per heavy atom. The molecule has 7 nitrogen and oxygen atoms in total. The van der Waals surface area contributed by atoms with E-state index in [0.29, 0.717) is 13.1 Å². The van der Waals surface area contributed by atoms with Crippen molar-refractivity contribution in [2.45, 2.75) is 38.9 Å². The molecule has 2 aromatic carbocycles. The molecule has 8 heteroatoms. The van der Waals surface area contributed by atoms with Gasteiger partial charge < -0.3 is 14.8 Å². The third-order valence-electron chi connectivity index (χ3n) is 5.40. The first-order valence-electron chi connectivity index (χ1n) is 10.2. The number of nitrogens with one attached hydrogen (secondary N) is 1. The molecule has 3 rings (SSSR count). The molecular formula is C22H30N2O5S. The van der Waals surface area contributed by atoms with Crippen LogP contribution in [0.4, 0.5) is 0 Å². The predicted molar refractivity (Wildman–Crippen MR) is 117 cm³/mol. The first kappa shape index (κ1) is 22.5. The number of benzene rings is 2. The molecule has 0 spiro atoms. The molecular weight excluding hydrogens is 404 g/mol. The number of hydrogen-bond donors (Lipinski definition) is 1. The molecule has 0 aromatic heterocycles. The van der Waals surface area contributed by atoms with Crippen LogP contribution in [0, 0.1) is 0 Å². The first-order chi connectivity index (χ1) is 14.2. The largest absolute Gasteiger partial charge is 0.497 e. The average molecular weight is 435 g/mol. The van der Waals surface area contributed by atoms with E-state index < -0.39 is 10.0 Å². The predicted octanol–water partition coefficient (Wildman–Crippen LogP) is 2.51. The van der Waals surface area contributed by atoms with E-state index in [9.17, 15) is 13.2 Å². The fourth-order valence-electron chi connectivity index (χ4n) is 3.73. The number of morpholine rings is 1. The van der Waals surface area contributed by atoms with Gasteiger partial charge in [0.05, 0.1) is 31.0 Å². The van der Waals surface area contributed by atoms with Crippen LogP contribution in [0.3, 0.4) is 0 Å². The van der Waals surface area contributed by atoms with Crippen molar-refractivity contribution in [1.29, 1.82) is 0 Å². The van der Waals surface area contributed by atoms with Gasteiger partial charge in [-0.3, -0.25) is 4.79 Å². The molecule has 2 aromatic rings. The topological polar surface area (TPSA) is 84.9 Å². The van der Waals surface area contributed by atoms with Gasteiger partial charge in [0.1, 0.15) is 5.75 Å². The van der Waals surface area contributed by atoms with Crippen LogP contribution in [0.15, 0.2) is 36.4 Å². The summed E-state index contributed by atoms with van der Waals surface area (Å²) in [7, 11) is -1.82. The summed E-state index contributed by atoms with van der Waals surface area (Å²) in [5.41, 5.74) is 0.879. The SMILES string of the molecule is COc1ccc2cc([C@H](C)C(=O)NCCS(=O)(=O)N3CC(C)OC(C)C3)ccc2c1. The van der Waals surface area contributed by atoms with Crippen molar-refractivity contribution >= 4 is 26.7 Å². The Bertz CT molecular complexity index is 998. The van der Waals surface area contributed by atoms with Crippen LogP contribution >= 0.6 is 0 Å². The fraction of sp³-hybridized carbons (Fsp3) is 0.500. The van der Waals surface area contributed by atoms with Crippen LogP contribution in [-0.2, 0) is 19.6 Å². The fourth-order valence-corrected chi connectivity index (χ4v) is 5.23. The quantitative estimate of drug-likeness (QED) is 0.724. The summed E-state index contributed by atoms with van der Waals surface area (Å²) in [5, 5.41) is 4.82. The Morgan fingerprint density at radius 1 is 1.17 bits per heavy atom. The number of carbonyl (C=O) groups excluding carboxylic acids is 1. The molecule has 1 fully saturated rings. The lowest BCUT2D eigenvalue weighted by atomic mass is 9.97. The van der Waals surface area contributed by atoms with Gasteiger partial charge in [0.15, 0.2) is 0 Å². The number of fused-ring (bicyclic) bond motifs is 1. The minimum Gasteiger partial charge on any atom is -0.497 e. The molecule has 1 aliphatic heterocycles. The average Bonchev–Trinajstić information content (AvgIpc) is 2.71. The summed E-state index contributed by atoms with van der Waals surface area (Å²) < 4.78 is 37.5. The normalized spacial score (nSPS) is 21.3. The van der Waals surface area contributed by atoms with Gasteiger partial charge >= 0.3 is 0 Å². The summed E-state index contributed by atoms with van der Waals surface area (Å²) in [6.07, 6.45) is -0.267. The standard InChI is InChI=1S/C22H30N2O5S/c1-15-13-24(14-16(2)29-15)30(26,27)10-9-23-22(25)17(3)18-5-6-20-12-21(28-4)8-7-19(20)11-18/h5-8,11-12,15-17H,9-10,13-14H2,1-4H3,(H,23,25)/t15?,16?,17-/m0/s1. The number of hydrogen-bond acceptors (Lipinski definition) is 5. The number of rotatable bonds is 7. The maximum atomic E-state index is 12.6. The Morgan fingerprint density at radius 3 is 2.47 bits per heavy atom. The zero-order valence-corrected chi connectivity index (χ0v) is 18.7. The molecule has 2 unspecified atom stereocenters. The summed E-state index contributed by atoms with van der Waals surface area (Å²) in [4.78, 5) is 12.6. The van der Waals surface area contributed by atoms with E-state index in [0.717, 1.165) is 22.1 Å². The lowest BCUT2D eigenvalue weighted by Crippen LogP contribution is -2.49. The van der Waals surface area contributed by atoms with Crippen molar-refractivity contribution in [2.75, 3.05) is 32.5 Å². The van der Waals surface area contributed by atoms with Crippen molar-refractivity contribution in [3.05, 3.63) is 42.0 Å². The van der Waals surface area contributed by atoms with Crippen LogP contribution in [-0.4, -0.2) is 63.3 Å². The second kappa shape index (κ2) is 9.32.